The number of nitrogens with one attached hydrogen (secondary N) is 2. The molecule has 27 heavy (non-hydrogen) atoms. The second-order valence-corrected chi connectivity index (χ2v) is 8.08. The van der Waals surface area contributed by atoms with Gasteiger partial charge in [-0.3, -0.25) is 19.7 Å². The highest BCUT2D eigenvalue weighted by atomic mass is 32.2. The van der Waals surface area contributed by atoms with E-state index in [1.807, 2.05) is 0 Å². The van der Waals surface area contributed by atoms with Crippen molar-refractivity contribution in [3.8, 4) is 0 Å². The summed E-state index contributed by atoms with van der Waals surface area (Å²) < 4.78 is 10.5. The lowest BCUT2D eigenvalue weighted by Gasteiger charge is -2.34. The van der Waals surface area contributed by atoms with E-state index in [0.717, 1.165) is 25.7 Å². The van der Waals surface area contributed by atoms with Gasteiger partial charge >= 0.3 is 6.09 Å². The van der Waals surface area contributed by atoms with E-state index in [1.165, 1.54) is 17.8 Å². The molecule has 2 heterocycles. The molecule has 4 atom stereocenters. The van der Waals surface area contributed by atoms with Crippen molar-refractivity contribution >= 4 is 35.5 Å². The zero-order valence-corrected chi connectivity index (χ0v) is 16.0. The number of hydrogen-bond donors (Lipinski definition) is 2. The summed E-state index contributed by atoms with van der Waals surface area (Å²) in [6.07, 6.45) is 4.32. The van der Waals surface area contributed by atoms with Gasteiger partial charge in [-0.2, -0.15) is 0 Å². The molecule has 0 aromatic heterocycles. The highest BCUT2D eigenvalue weighted by molar-refractivity contribution is 8.00. The van der Waals surface area contributed by atoms with E-state index in [2.05, 4.69) is 10.6 Å². The number of carbonyl (C=O) groups excluding carboxylic acids is 4. The number of imide groups is 1. The quantitative estimate of drug-likeness (QED) is 0.741. The Morgan fingerprint density at radius 1 is 1.26 bits per heavy atom. The molecular weight excluding hydrogens is 372 g/mol. The van der Waals surface area contributed by atoms with Crippen molar-refractivity contribution in [2.75, 3.05) is 12.4 Å². The third-order valence-corrected chi connectivity index (χ3v) is 6.32. The number of thioether (sulfide) groups is 1. The lowest BCUT2D eigenvalue weighted by Crippen LogP contribution is -2.46. The third-order valence-electron chi connectivity index (χ3n) is 5.05. The van der Waals surface area contributed by atoms with Crippen LogP contribution in [0.2, 0.25) is 0 Å². The lowest BCUT2D eigenvalue weighted by molar-refractivity contribution is -0.133. The summed E-state index contributed by atoms with van der Waals surface area (Å²) >= 11 is 1.42. The summed E-state index contributed by atoms with van der Waals surface area (Å²) in [5, 5.41) is 4.46. The predicted molar refractivity (Wildman–Crippen MR) is 97.6 cm³/mol. The van der Waals surface area contributed by atoms with Crippen molar-refractivity contribution < 1.29 is 28.7 Å². The molecule has 2 fully saturated rings. The van der Waals surface area contributed by atoms with E-state index in [9.17, 15) is 19.2 Å². The number of ether oxygens (including phenoxy) is 2. The van der Waals surface area contributed by atoms with Gasteiger partial charge < -0.3 is 14.8 Å². The van der Waals surface area contributed by atoms with Crippen LogP contribution in [0.3, 0.4) is 0 Å². The van der Waals surface area contributed by atoms with Crippen LogP contribution in [-0.4, -0.2) is 47.5 Å². The number of hydrogen-bond acceptors (Lipinski definition) is 7. The van der Waals surface area contributed by atoms with Gasteiger partial charge in [-0.25, -0.2) is 4.79 Å². The zero-order valence-electron chi connectivity index (χ0n) is 15.2. The molecule has 2 aliphatic heterocycles. The average Bonchev–Trinajstić information content (AvgIpc) is 3.10. The summed E-state index contributed by atoms with van der Waals surface area (Å²) in [6.45, 7) is 1.81. The van der Waals surface area contributed by atoms with Gasteiger partial charge in [-0.05, 0) is 38.4 Å². The Labute approximate surface area is 161 Å². The molecule has 0 spiro atoms. The van der Waals surface area contributed by atoms with Gasteiger partial charge in [0.25, 0.3) is 5.91 Å². The Hall–Kier alpha value is -2.03. The maximum Gasteiger partial charge on any atom is 0.413 e. The van der Waals surface area contributed by atoms with Gasteiger partial charge in [-0.15, -0.1) is 11.8 Å². The SMILES string of the molecule is CCOC(=O)NC(=O)C1CCSC1NC(=O)C1=CC(=O)C2CCCCC2O1. The Morgan fingerprint density at radius 2 is 2.04 bits per heavy atom. The van der Waals surface area contributed by atoms with Crippen molar-refractivity contribution in [2.24, 2.45) is 11.8 Å². The maximum absolute atomic E-state index is 12.6. The molecule has 3 amide bonds. The largest absolute Gasteiger partial charge is 0.484 e. The molecule has 1 saturated carbocycles. The summed E-state index contributed by atoms with van der Waals surface area (Å²) in [7, 11) is 0. The monoisotopic (exact) mass is 396 g/mol. The molecule has 3 rings (SSSR count). The molecule has 8 nitrogen and oxygen atoms in total. The number of amides is 3. The summed E-state index contributed by atoms with van der Waals surface area (Å²) in [5.74, 6) is -1.06. The van der Waals surface area contributed by atoms with Crippen LogP contribution in [0.5, 0.6) is 0 Å². The number of fused-ring (bicyclic) bond motifs is 1. The van der Waals surface area contributed by atoms with Crippen LogP contribution in [0.1, 0.15) is 39.0 Å². The fraction of sp³-hybridized carbons (Fsp3) is 0.667. The summed E-state index contributed by atoms with van der Waals surface area (Å²) in [6, 6.07) is 0. The smallest absolute Gasteiger partial charge is 0.413 e. The normalized spacial score (nSPS) is 29.8. The van der Waals surface area contributed by atoms with E-state index >= 15 is 0 Å². The van der Waals surface area contributed by atoms with Gasteiger partial charge in [0.15, 0.2) is 11.5 Å². The molecule has 4 unspecified atom stereocenters. The summed E-state index contributed by atoms with van der Waals surface area (Å²) in [5.41, 5.74) is 0. The first-order valence-electron chi connectivity index (χ1n) is 9.32. The number of allylic oxidation sites excluding steroid dienone is 1. The molecule has 0 bridgehead atoms. The Bertz CT molecular complexity index is 664. The molecule has 1 saturated heterocycles. The first kappa shape index (κ1) is 19.7. The molecular formula is C18H24N2O6S. The molecule has 1 aliphatic carbocycles. The van der Waals surface area contributed by atoms with Gasteiger partial charge in [-0.1, -0.05) is 6.42 Å². The van der Waals surface area contributed by atoms with Crippen LogP contribution in [0.15, 0.2) is 11.8 Å². The first-order chi connectivity index (χ1) is 13.0. The Kier molecular flexibility index (Phi) is 6.41. The maximum atomic E-state index is 12.6. The Morgan fingerprint density at radius 3 is 2.81 bits per heavy atom. The van der Waals surface area contributed by atoms with E-state index in [-0.39, 0.29) is 30.2 Å². The molecule has 9 heteroatoms. The molecule has 3 aliphatic rings. The fourth-order valence-electron chi connectivity index (χ4n) is 3.68. The standard InChI is InChI=1S/C18H24N2O6S/c1-2-25-18(24)20-15(22)11-7-8-27-17(11)19-16(23)14-9-12(21)10-5-3-4-6-13(10)26-14/h9-11,13,17H,2-8H2,1H3,(H,19,23)(H,20,22,24). The number of carbonyl (C=O) groups is 4. The number of rotatable bonds is 4. The van der Waals surface area contributed by atoms with E-state index in [0.29, 0.717) is 12.2 Å². The highest BCUT2D eigenvalue weighted by Crippen LogP contribution is 2.34. The van der Waals surface area contributed by atoms with Gasteiger partial charge in [0.05, 0.1) is 23.8 Å². The zero-order chi connectivity index (χ0) is 19.4. The Balaban J connectivity index is 1.60. The average molecular weight is 396 g/mol. The second kappa shape index (κ2) is 8.77. The molecule has 0 aromatic rings. The number of alkyl carbamates (subject to hydrolysis) is 1. The van der Waals surface area contributed by atoms with E-state index in [1.54, 1.807) is 6.92 Å². The summed E-state index contributed by atoms with van der Waals surface area (Å²) in [4.78, 5) is 48.6. The van der Waals surface area contributed by atoms with Crippen LogP contribution < -0.4 is 10.6 Å². The molecule has 0 aromatic carbocycles. The van der Waals surface area contributed by atoms with Crippen molar-refractivity contribution in [1.82, 2.24) is 10.6 Å². The van der Waals surface area contributed by atoms with Gasteiger partial charge in [0.2, 0.25) is 5.91 Å². The second-order valence-electron chi connectivity index (χ2n) is 6.83. The predicted octanol–water partition coefficient (Wildman–Crippen LogP) is 1.50. The first-order valence-corrected chi connectivity index (χ1v) is 10.4. The topological polar surface area (TPSA) is 111 Å². The van der Waals surface area contributed by atoms with Crippen LogP contribution in [0.25, 0.3) is 0 Å². The van der Waals surface area contributed by atoms with Crippen molar-refractivity contribution in [1.29, 1.82) is 0 Å². The van der Waals surface area contributed by atoms with Crippen molar-refractivity contribution in [3.63, 3.8) is 0 Å². The minimum Gasteiger partial charge on any atom is -0.484 e. The van der Waals surface area contributed by atoms with Gasteiger partial charge in [0.1, 0.15) is 6.10 Å². The molecule has 0 radical (unpaired) electrons. The third kappa shape index (κ3) is 4.63. The molecule has 2 N–H and O–H groups in total. The molecule has 148 valence electrons. The number of ketones is 1. The lowest BCUT2D eigenvalue weighted by atomic mass is 9.82. The van der Waals surface area contributed by atoms with Crippen LogP contribution in [-0.2, 0) is 23.9 Å². The van der Waals surface area contributed by atoms with E-state index in [4.69, 9.17) is 9.47 Å². The van der Waals surface area contributed by atoms with Gasteiger partial charge in [0, 0.05) is 6.08 Å². The fourth-order valence-corrected chi connectivity index (χ4v) is 5.00. The van der Waals surface area contributed by atoms with Crippen molar-refractivity contribution in [3.05, 3.63) is 11.8 Å². The van der Waals surface area contributed by atoms with Crippen LogP contribution in [0, 0.1) is 11.8 Å². The minimum absolute atomic E-state index is 0.0141. The van der Waals surface area contributed by atoms with E-state index < -0.39 is 29.2 Å². The van der Waals surface area contributed by atoms with Crippen LogP contribution in [0.4, 0.5) is 4.79 Å². The van der Waals surface area contributed by atoms with Crippen molar-refractivity contribution in [2.45, 2.75) is 50.5 Å². The van der Waals surface area contributed by atoms with Crippen LogP contribution >= 0.6 is 11.8 Å². The minimum atomic E-state index is -0.795. The highest BCUT2D eigenvalue weighted by Gasteiger charge is 2.40.